The maximum absolute atomic E-state index is 12.7. The zero-order valence-corrected chi connectivity index (χ0v) is 10.4. The summed E-state index contributed by atoms with van der Waals surface area (Å²) in [4.78, 5) is 22.7. The summed E-state index contributed by atoms with van der Waals surface area (Å²) >= 11 is 0. The van der Waals surface area contributed by atoms with Gasteiger partial charge >= 0.3 is 12.1 Å². The van der Waals surface area contributed by atoms with Crippen molar-refractivity contribution in [2.24, 2.45) is 0 Å². The van der Waals surface area contributed by atoms with Gasteiger partial charge in [-0.05, 0) is 24.3 Å². The normalized spacial score (nSPS) is 11.3. The summed E-state index contributed by atoms with van der Waals surface area (Å²) in [5.74, 6) is -5.73. The fourth-order valence-corrected chi connectivity index (χ4v) is 1.56. The molecule has 0 atom stereocenters. The molecule has 0 aliphatic heterocycles. The highest BCUT2D eigenvalue weighted by Gasteiger charge is 2.44. The molecule has 1 aromatic heterocycles. The molecule has 1 aromatic carbocycles. The van der Waals surface area contributed by atoms with Gasteiger partial charge in [-0.15, -0.1) is 0 Å². The van der Waals surface area contributed by atoms with Gasteiger partial charge in [0, 0.05) is 5.69 Å². The predicted octanol–water partition coefficient (Wildman–Crippen LogP) is 2.78. The Kier molecular flexibility index (Phi) is 3.85. The fourth-order valence-electron chi connectivity index (χ4n) is 1.56. The number of carboxylic acids is 1. The first-order valence-electron chi connectivity index (χ1n) is 5.57. The van der Waals surface area contributed by atoms with Gasteiger partial charge in [0.1, 0.15) is 11.4 Å². The molecular formula is C12H6F4N2O4. The maximum atomic E-state index is 12.7. The minimum Gasteiger partial charge on any atom is -0.477 e. The maximum Gasteiger partial charge on any atom is 0.453 e. The number of nitrogens with zero attached hydrogens (tertiary/aromatic N) is 1. The van der Waals surface area contributed by atoms with Gasteiger partial charge in [-0.25, -0.2) is 9.18 Å². The molecule has 0 saturated carbocycles. The smallest absolute Gasteiger partial charge is 0.453 e. The number of aromatic nitrogens is 1. The largest absolute Gasteiger partial charge is 0.477 e. The number of carbonyl (C=O) groups excluding carboxylic acids is 1. The number of carbonyl (C=O) groups is 2. The number of amides is 1. The summed E-state index contributed by atoms with van der Waals surface area (Å²) in [7, 11) is 0. The van der Waals surface area contributed by atoms with E-state index in [4.69, 9.17) is 5.11 Å². The lowest BCUT2D eigenvalue weighted by molar-refractivity contribution is -0.156. The molecule has 0 fully saturated rings. The minimum absolute atomic E-state index is 0.0410. The van der Waals surface area contributed by atoms with Crippen LogP contribution in [0.2, 0.25) is 0 Å². The van der Waals surface area contributed by atoms with Crippen LogP contribution in [-0.2, 0) is 6.18 Å². The average molecular weight is 318 g/mol. The number of anilines is 1. The number of alkyl halides is 3. The summed E-state index contributed by atoms with van der Waals surface area (Å²) in [6.45, 7) is 0. The number of hydrogen-bond acceptors (Lipinski definition) is 4. The number of benzene rings is 1. The molecule has 0 aliphatic carbocycles. The molecular weight excluding hydrogens is 312 g/mol. The van der Waals surface area contributed by atoms with Crippen molar-refractivity contribution in [3.8, 4) is 0 Å². The molecule has 0 bridgehead atoms. The van der Waals surface area contributed by atoms with Crippen LogP contribution in [0.1, 0.15) is 26.6 Å². The van der Waals surface area contributed by atoms with Crippen molar-refractivity contribution in [3.63, 3.8) is 0 Å². The first-order valence-corrected chi connectivity index (χ1v) is 5.57. The predicted molar refractivity (Wildman–Crippen MR) is 62.8 cm³/mol. The average Bonchev–Trinajstić information content (AvgIpc) is 2.86. The van der Waals surface area contributed by atoms with Gasteiger partial charge in [0.25, 0.3) is 11.7 Å². The molecule has 0 saturated heterocycles. The topological polar surface area (TPSA) is 92.4 Å². The van der Waals surface area contributed by atoms with Crippen LogP contribution in [0.25, 0.3) is 0 Å². The number of halogens is 4. The Morgan fingerprint density at radius 2 is 1.77 bits per heavy atom. The molecule has 1 heterocycles. The van der Waals surface area contributed by atoms with Crippen molar-refractivity contribution in [1.82, 2.24) is 5.16 Å². The highest BCUT2D eigenvalue weighted by Crippen LogP contribution is 2.33. The van der Waals surface area contributed by atoms with E-state index in [0.29, 0.717) is 0 Å². The Hall–Kier alpha value is -2.91. The van der Waals surface area contributed by atoms with E-state index < -0.39 is 40.9 Å². The monoisotopic (exact) mass is 318 g/mol. The molecule has 116 valence electrons. The van der Waals surface area contributed by atoms with Crippen molar-refractivity contribution in [2.45, 2.75) is 6.18 Å². The molecule has 0 radical (unpaired) electrons. The highest BCUT2D eigenvalue weighted by molar-refractivity contribution is 6.09. The van der Waals surface area contributed by atoms with Crippen molar-refractivity contribution >= 4 is 17.6 Å². The second-order valence-electron chi connectivity index (χ2n) is 4.00. The Morgan fingerprint density at radius 1 is 1.18 bits per heavy atom. The third kappa shape index (κ3) is 3.05. The lowest BCUT2D eigenvalue weighted by Gasteiger charge is -2.04. The zero-order chi connectivity index (χ0) is 16.5. The second-order valence-corrected chi connectivity index (χ2v) is 4.00. The molecule has 1 amide bonds. The number of aromatic carboxylic acids is 1. The van der Waals surface area contributed by atoms with Gasteiger partial charge in [-0.1, -0.05) is 5.16 Å². The number of nitrogens with one attached hydrogen (secondary N) is 1. The number of rotatable bonds is 3. The van der Waals surface area contributed by atoms with Gasteiger partial charge in [0.15, 0.2) is 5.69 Å². The van der Waals surface area contributed by atoms with Crippen LogP contribution in [0.3, 0.4) is 0 Å². The van der Waals surface area contributed by atoms with Crippen LogP contribution < -0.4 is 5.32 Å². The Labute approximate surface area is 119 Å². The lowest BCUT2D eigenvalue weighted by Crippen LogP contribution is -2.18. The number of hydrogen-bond donors (Lipinski definition) is 2. The quantitative estimate of drug-likeness (QED) is 0.849. The van der Waals surface area contributed by atoms with Crippen molar-refractivity contribution in [2.75, 3.05) is 5.32 Å². The fraction of sp³-hybridized carbons (Fsp3) is 0.0833. The Morgan fingerprint density at radius 3 is 2.27 bits per heavy atom. The van der Waals surface area contributed by atoms with E-state index in [2.05, 4.69) is 15.0 Å². The van der Waals surface area contributed by atoms with E-state index >= 15 is 0 Å². The summed E-state index contributed by atoms with van der Waals surface area (Å²) in [5.41, 5.74) is -2.39. The van der Waals surface area contributed by atoms with E-state index in [0.717, 1.165) is 24.3 Å². The van der Waals surface area contributed by atoms with Crippen LogP contribution in [0.4, 0.5) is 23.2 Å². The molecule has 0 aliphatic rings. The van der Waals surface area contributed by atoms with Crippen LogP contribution in [-0.4, -0.2) is 22.1 Å². The minimum atomic E-state index is -5.12. The molecule has 2 aromatic rings. The van der Waals surface area contributed by atoms with Crippen LogP contribution in [0.15, 0.2) is 28.8 Å². The summed E-state index contributed by atoms with van der Waals surface area (Å²) in [6.07, 6.45) is -5.12. The summed E-state index contributed by atoms with van der Waals surface area (Å²) in [6, 6.07) is 4.27. The molecule has 22 heavy (non-hydrogen) atoms. The van der Waals surface area contributed by atoms with Crippen molar-refractivity contribution < 1.29 is 36.8 Å². The standard InChI is InChI=1S/C12H6F4N2O4/c13-5-1-3-6(4-2-5)17-10(19)8-7(11(20)21)9(22-18-8)12(14,15)16/h1-4H,(H,17,19)(H,20,21). The van der Waals surface area contributed by atoms with Gasteiger partial charge in [0.05, 0.1) is 0 Å². The molecule has 6 nitrogen and oxygen atoms in total. The van der Waals surface area contributed by atoms with Crippen LogP contribution in [0.5, 0.6) is 0 Å². The SMILES string of the molecule is O=C(Nc1ccc(F)cc1)c1noc(C(F)(F)F)c1C(=O)O. The van der Waals surface area contributed by atoms with Crippen LogP contribution in [0, 0.1) is 5.82 Å². The van der Waals surface area contributed by atoms with Crippen molar-refractivity contribution in [3.05, 3.63) is 47.1 Å². The molecule has 10 heteroatoms. The van der Waals surface area contributed by atoms with Gasteiger partial charge in [0.2, 0.25) is 0 Å². The Bertz CT molecular complexity index is 722. The third-order valence-electron chi connectivity index (χ3n) is 2.48. The summed E-state index contributed by atoms with van der Waals surface area (Å²) in [5, 5.41) is 13.8. The summed E-state index contributed by atoms with van der Waals surface area (Å²) < 4.78 is 54.4. The Balaban J connectivity index is 2.36. The molecule has 2 N–H and O–H groups in total. The van der Waals surface area contributed by atoms with Crippen LogP contribution >= 0.6 is 0 Å². The molecule has 0 unspecified atom stereocenters. The van der Waals surface area contributed by atoms with E-state index in [1.54, 1.807) is 0 Å². The first-order chi connectivity index (χ1) is 10.2. The lowest BCUT2D eigenvalue weighted by atomic mass is 10.1. The van der Waals surface area contributed by atoms with Crippen molar-refractivity contribution in [1.29, 1.82) is 0 Å². The van der Waals surface area contributed by atoms with E-state index in [1.807, 2.05) is 0 Å². The highest BCUT2D eigenvalue weighted by atomic mass is 19.4. The van der Waals surface area contributed by atoms with Gasteiger partial charge in [-0.3, -0.25) is 4.79 Å². The number of carboxylic acid groups (broad SMARTS) is 1. The van der Waals surface area contributed by atoms with E-state index in [1.165, 1.54) is 0 Å². The molecule has 0 spiro atoms. The zero-order valence-electron chi connectivity index (χ0n) is 10.4. The van der Waals surface area contributed by atoms with Gasteiger partial charge < -0.3 is 14.9 Å². The molecule has 2 rings (SSSR count). The van der Waals surface area contributed by atoms with Gasteiger partial charge in [-0.2, -0.15) is 13.2 Å². The van der Waals surface area contributed by atoms with E-state index in [-0.39, 0.29) is 5.69 Å². The second kappa shape index (κ2) is 5.47. The third-order valence-corrected chi connectivity index (χ3v) is 2.48. The van der Waals surface area contributed by atoms with E-state index in [9.17, 15) is 27.2 Å². The first kappa shape index (κ1) is 15.5.